The minimum atomic E-state index is 0.325. The number of benzene rings is 3. The van der Waals surface area contributed by atoms with E-state index in [1.54, 1.807) is 14.2 Å². The number of pyridine rings is 1. The number of fused-ring (bicyclic) bond motifs is 1. The van der Waals surface area contributed by atoms with Crippen molar-refractivity contribution in [2.75, 3.05) is 26.1 Å². The first-order valence-corrected chi connectivity index (χ1v) is 10.6. The molecule has 3 aromatic carbocycles. The second kappa shape index (κ2) is 9.52. The van der Waals surface area contributed by atoms with Crippen LogP contribution < -0.4 is 14.8 Å². The first kappa shape index (κ1) is 20.7. The molecule has 0 aliphatic carbocycles. The Morgan fingerprint density at radius 1 is 0.806 bits per heavy atom. The van der Waals surface area contributed by atoms with E-state index in [4.69, 9.17) is 14.5 Å². The second-order valence-electron chi connectivity index (χ2n) is 7.61. The summed E-state index contributed by atoms with van der Waals surface area (Å²) in [5, 5.41) is 4.51. The lowest BCUT2D eigenvalue weighted by Gasteiger charge is -2.19. The predicted molar refractivity (Wildman–Crippen MR) is 127 cm³/mol. The average molecular weight is 413 g/mol. The maximum atomic E-state index is 5.55. The van der Waals surface area contributed by atoms with Gasteiger partial charge in [0.25, 0.3) is 0 Å². The van der Waals surface area contributed by atoms with Crippen LogP contribution in [0.3, 0.4) is 0 Å². The molecule has 0 atom stereocenters. The van der Waals surface area contributed by atoms with Gasteiger partial charge in [-0.05, 0) is 48.2 Å². The zero-order valence-electron chi connectivity index (χ0n) is 18.3. The number of hydrogen-bond acceptors (Lipinski definition) is 4. The molecule has 4 nitrogen and oxygen atoms in total. The number of nitrogens with one attached hydrogen (secondary N) is 1. The van der Waals surface area contributed by atoms with Crippen molar-refractivity contribution in [2.24, 2.45) is 0 Å². The fraction of sp³-hybridized carbons (Fsp3) is 0.222. The van der Waals surface area contributed by atoms with Crippen LogP contribution in [-0.4, -0.2) is 25.7 Å². The van der Waals surface area contributed by atoms with Crippen molar-refractivity contribution in [2.45, 2.75) is 19.3 Å². The van der Waals surface area contributed by atoms with Gasteiger partial charge in [0.1, 0.15) is 22.8 Å². The largest absolute Gasteiger partial charge is 0.496 e. The first-order valence-electron chi connectivity index (χ1n) is 10.6. The highest BCUT2D eigenvalue weighted by Gasteiger charge is 2.15. The SMILES string of the molecule is COc1ccc(OC)c2c(C)cc(NCCC(c3ccccc3)c3ccccc3)nc12. The summed E-state index contributed by atoms with van der Waals surface area (Å²) in [7, 11) is 3.35. The molecule has 1 heterocycles. The zero-order valence-corrected chi connectivity index (χ0v) is 18.3. The molecular weight excluding hydrogens is 384 g/mol. The molecule has 0 amide bonds. The lowest BCUT2D eigenvalue weighted by molar-refractivity contribution is 0.409. The molecule has 31 heavy (non-hydrogen) atoms. The summed E-state index contributed by atoms with van der Waals surface area (Å²) in [6.07, 6.45) is 0.960. The molecule has 0 bridgehead atoms. The van der Waals surface area contributed by atoms with Gasteiger partial charge in [0, 0.05) is 17.8 Å². The van der Waals surface area contributed by atoms with Crippen LogP contribution >= 0.6 is 0 Å². The number of aromatic nitrogens is 1. The Kier molecular flexibility index (Phi) is 6.37. The van der Waals surface area contributed by atoms with Crippen molar-refractivity contribution in [3.8, 4) is 11.5 Å². The zero-order chi connectivity index (χ0) is 21.6. The van der Waals surface area contributed by atoms with Gasteiger partial charge in [0.15, 0.2) is 0 Å². The van der Waals surface area contributed by atoms with Crippen LogP contribution in [0.15, 0.2) is 78.9 Å². The van der Waals surface area contributed by atoms with Gasteiger partial charge in [-0.25, -0.2) is 4.98 Å². The third-order valence-corrected chi connectivity index (χ3v) is 5.67. The van der Waals surface area contributed by atoms with E-state index < -0.39 is 0 Å². The average Bonchev–Trinajstić information content (AvgIpc) is 2.82. The van der Waals surface area contributed by atoms with Gasteiger partial charge in [0.2, 0.25) is 0 Å². The Bertz CT molecular complexity index is 1100. The molecule has 158 valence electrons. The normalized spacial score (nSPS) is 11.0. The van der Waals surface area contributed by atoms with Gasteiger partial charge in [-0.15, -0.1) is 0 Å². The van der Waals surface area contributed by atoms with Crippen LogP contribution in [0.5, 0.6) is 11.5 Å². The highest BCUT2D eigenvalue weighted by molar-refractivity contribution is 5.94. The minimum absolute atomic E-state index is 0.325. The minimum Gasteiger partial charge on any atom is -0.496 e. The highest BCUT2D eigenvalue weighted by Crippen LogP contribution is 2.35. The number of aryl methyl sites for hydroxylation is 1. The summed E-state index contributed by atoms with van der Waals surface area (Å²) in [4.78, 5) is 4.84. The molecule has 0 spiro atoms. The van der Waals surface area contributed by atoms with Crippen LogP contribution in [0.25, 0.3) is 10.9 Å². The van der Waals surface area contributed by atoms with Crippen molar-refractivity contribution in [1.29, 1.82) is 0 Å². The van der Waals surface area contributed by atoms with Crippen LogP contribution in [0, 0.1) is 6.92 Å². The van der Waals surface area contributed by atoms with Crippen LogP contribution in [0.2, 0.25) is 0 Å². The molecule has 0 saturated heterocycles. The molecule has 0 saturated carbocycles. The smallest absolute Gasteiger partial charge is 0.145 e. The highest BCUT2D eigenvalue weighted by atomic mass is 16.5. The third-order valence-electron chi connectivity index (χ3n) is 5.67. The Morgan fingerprint density at radius 3 is 1.97 bits per heavy atom. The van der Waals surface area contributed by atoms with Gasteiger partial charge >= 0.3 is 0 Å². The number of anilines is 1. The number of methoxy groups -OCH3 is 2. The van der Waals surface area contributed by atoms with Gasteiger partial charge in [-0.1, -0.05) is 60.7 Å². The Labute approximate surface area is 183 Å². The van der Waals surface area contributed by atoms with E-state index in [0.29, 0.717) is 5.92 Å². The lowest BCUT2D eigenvalue weighted by atomic mass is 9.88. The first-order chi connectivity index (χ1) is 15.2. The Morgan fingerprint density at radius 2 is 1.39 bits per heavy atom. The van der Waals surface area contributed by atoms with Crippen molar-refractivity contribution in [3.63, 3.8) is 0 Å². The summed E-state index contributed by atoms with van der Waals surface area (Å²) in [5.41, 5.74) is 4.56. The van der Waals surface area contributed by atoms with Crippen LogP contribution in [0.1, 0.15) is 29.0 Å². The fourth-order valence-corrected chi connectivity index (χ4v) is 4.14. The van der Waals surface area contributed by atoms with E-state index in [-0.39, 0.29) is 0 Å². The maximum Gasteiger partial charge on any atom is 0.145 e. The summed E-state index contributed by atoms with van der Waals surface area (Å²) in [6, 6.07) is 27.2. The monoisotopic (exact) mass is 412 g/mol. The number of nitrogens with zero attached hydrogens (tertiary/aromatic N) is 1. The number of ether oxygens (including phenoxy) is 2. The molecule has 0 fully saturated rings. The van der Waals surface area contributed by atoms with Gasteiger partial charge in [0.05, 0.1) is 14.2 Å². The van der Waals surface area contributed by atoms with E-state index in [1.807, 2.05) is 12.1 Å². The third kappa shape index (κ3) is 4.48. The molecule has 1 aromatic heterocycles. The van der Waals surface area contributed by atoms with Crippen LogP contribution in [-0.2, 0) is 0 Å². The van der Waals surface area contributed by atoms with Gasteiger partial charge in [-0.3, -0.25) is 0 Å². The standard InChI is InChI=1S/C27H28N2O2/c1-19-18-25(29-27-24(31-3)15-14-23(30-2)26(19)27)28-17-16-22(20-10-6-4-7-11-20)21-12-8-5-9-13-21/h4-15,18,22H,16-17H2,1-3H3,(H,28,29). The molecule has 4 heteroatoms. The summed E-state index contributed by atoms with van der Waals surface area (Å²) < 4.78 is 11.1. The van der Waals surface area contributed by atoms with Crippen molar-refractivity contribution in [3.05, 3.63) is 95.6 Å². The van der Waals surface area contributed by atoms with Crippen LogP contribution in [0.4, 0.5) is 5.82 Å². The molecule has 0 unspecified atom stereocenters. The maximum absolute atomic E-state index is 5.55. The lowest BCUT2D eigenvalue weighted by Crippen LogP contribution is -2.10. The second-order valence-corrected chi connectivity index (χ2v) is 7.61. The molecular formula is C27H28N2O2. The summed E-state index contributed by atoms with van der Waals surface area (Å²) in [5.74, 6) is 2.72. The van der Waals surface area contributed by atoms with E-state index in [0.717, 1.165) is 46.7 Å². The molecule has 0 aliphatic rings. The molecule has 4 aromatic rings. The van der Waals surface area contributed by atoms with E-state index in [9.17, 15) is 0 Å². The van der Waals surface area contributed by atoms with Crippen molar-refractivity contribution in [1.82, 2.24) is 4.98 Å². The Balaban J connectivity index is 1.58. The molecule has 0 radical (unpaired) electrons. The number of hydrogen-bond donors (Lipinski definition) is 1. The van der Waals surface area contributed by atoms with Gasteiger partial charge in [-0.2, -0.15) is 0 Å². The quantitative estimate of drug-likeness (QED) is 0.374. The van der Waals surface area contributed by atoms with E-state index >= 15 is 0 Å². The topological polar surface area (TPSA) is 43.4 Å². The van der Waals surface area contributed by atoms with Crippen molar-refractivity contribution >= 4 is 16.7 Å². The van der Waals surface area contributed by atoms with Gasteiger partial charge < -0.3 is 14.8 Å². The predicted octanol–water partition coefficient (Wildman–Crippen LogP) is 6.19. The van der Waals surface area contributed by atoms with E-state index in [1.165, 1.54) is 11.1 Å². The molecule has 1 N–H and O–H groups in total. The number of rotatable bonds is 8. The Hall–Kier alpha value is -3.53. The molecule has 0 aliphatic heterocycles. The summed E-state index contributed by atoms with van der Waals surface area (Å²) in [6.45, 7) is 2.88. The fourth-order valence-electron chi connectivity index (χ4n) is 4.14. The van der Waals surface area contributed by atoms with Crippen molar-refractivity contribution < 1.29 is 9.47 Å². The summed E-state index contributed by atoms with van der Waals surface area (Å²) >= 11 is 0. The molecule has 4 rings (SSSR count). The van der Waals surface area contributed by atoms with E-state index in [2.05, 4.69) is 79.0 Å².